The monoisotopic (exact) mass is 366 g/mol. The largest absolute Gasteiger partial charge is 0.417 e. The second-order valence-electron chi connectivity index (χ2n) is 3.02. The summed E-state index contributed by atoms with van der Waals surface area (Å²) < 4.78 is 68.5. The smallest absolute Gasteiger partial charge is 0.282 e. The molecular weight excluding hydrogens is 360 g/mol. The van der Waals surface area contributed by atoms with E-state index in [0.717, 1.165) is 6.07 Å². The molecule has 3 nitrogen and oxygen atoms in total. The van der Waals surface area contributed by atoms with Crippen molar-refractivity contribution < 1.29 is 26.1 Å². The second-order valence-corrected chi connectivity index (χ2v) is 5.54. The molecule has 1 N–H and O–H groups in total. The molecule has 90 valence electrons. The van der Waals surface area contributed by atoms with Crippen LogP contribution >= 0.6 is 22.6 Å². The van der Waals surface area contributed by atoms with Gasteiger partial charge in [-0.3, -0.25) is 4.55 Å². The lowest BCUT2D eigenvalue weighted by molar-refractivity contribution is -0.140. The number of benzene rings is 1. The van der Waals surface area contributed by atoms with E-state index >= 15 is 0 Å². The molecule has 0 saturated heterocycles. The minimum Gasteiger partial charge on any atom is -0.282 e. The highest BCUT2D eigenvalue weighted by Crippen LogP contribution is 2.36. The maximum absolute atomic E-state index is 12.5. The van der Waals surface area contributed by atoms with E-state index in [4.69, 9.17) is 4.55 Å². The quantitative estimate of drug-likeness (QED) is 0.615. The number of hydrogen-bond acceptors (Lipinski definition) is 2. The zero-order valence-electron chi connectivity index (χ0n) is 7.84. The second kappa shape index (κ2) is 4.15. The van der Waals surface area contributed by atoms with Gasteiger partial charge in [-0.25, -0.2) is 0 Å². The molecule has 0 atom stereocenters. The molecule has 0 heterocycles. The summed E-state index contributed by atoms with van der Waals surface area (Å²) in [5.41, 5.74) is -1.47. The van der Waals surface area contributed by atoms with E-state index in [1.807, 2.05) is 0 Å². The first kappa shape index (κ1) is 13.7. The summed E-state index contributed by atoms with van der Waals surface area (Å²) in [7, 11) is -4.89. The summed E-state index contributed by atoms with van der Waals surface area (Å²) >= 11 is 1.69. The molecule has 0 spiro atoms. The number of halogens is 4. The van der Waals surface area contributed by atoms with E-state index in [1.54, 1.807) is 22.6 Å². The van der Waals surface area contributed by atoms with Crippen LogP contribution < -0.4 is 0 Å². The average Bonchev–Trinajstić information content (AvgIpc) is 2.05. The molecule has 1 rings (SSSR count). The van der Waals surface area contributed by atoms with Crippen LogP contribution in [0.2, 0.25) is 0 Å². The van der Waals surface area contributed by atoms with Gasteiger partial charge in [0.1, 0.15) is 4.90 Å². The van der Waals surface area contributed by atoms with Crippen molar-refractivity contribution in [2.45, 2.75) is 18.0 Å². The summed E-state index contributed by atoms with van der Waals surface area (Å²) in [5.74, 6) is 0. The predicted molar refractivity (Wildman–Crippen MR) is 58.7 cm³/mol. The van der Waals surface area contributed by atoms with Crippen LogP contribution in [0.1, 0.15) is 11.1 Å². The SMILES string of the molecule is Cc1c(I)ccc(C(F)(F)F)c1S(=O)(=O)O. The highest BCUT2D eigenvalue weighted by molar-refractivity contribution is 14.1. The Kier molecular flexibility index (Phi) is 3.56. The normalized spacial score (nSPS) is 12.9. The van der Waals surface area contributed by atoms with E-state index in [9.17, 15) is 21.6 Å². The van der Waals surface area contributed by atoms with Gasteiger partial charge in [0, 0.05) is 3.57 Å². The van der Waals surface area contributed by atoms with Gasteiger partial charge in [0.05, 0.1) is 5.56 Å². The van der Waals surface area contributed by atoms with Gasteiger partial charge in [0.2, 0.25) is 0 Å². The van der Waals surface area contributed by atoms with Crippen LogP contribution in [0.25, 0.3) is 0 Å². The highest BCUT2D eigenvalue weighted by atomic mass is 127. The third-order valence-corrected chi connectivity index (χ3v) is 4.11. The van der Waals surface area contributed by atoms with Crippen LogP contribution in [0.4, 0.5) is 13.2 Å². The van der Waals surface area contributed by atoms with Crippen LogP contribution in [0.15, 0.2) is 17.0 Å². The lowest BCUT2D eigenvalue weighted by Gasteiger charge is -2.13. The fraction of sp³-hybridized carbons (Fsp3) is 0.250. The third kappa shape index (κ3) is 2.66. The molecule has 0 radical (unpaired) electrons. The van der Waals surface area contributed by atoms with Gasteiger partial charge < -0.3 is 0 Å². The van der Waals surface area contributed by atoms with Crippen molar-refractivity contribution in [3.8, 4) is 0 Å². The fourth-order valence-electron chi connectivity index (χ4n) is 1.22. The molecule has 0 saturated carbocycles. The molecule has 0 aliphatic carbocycles. The fourth-order valence-corrected chi connectivity index (χ4v) is 2.81. The van der Waals surface area contributed by atoms with Gasteiger partial charge in [0.25, 0.3) is 10.1 Å². The highest BCUT2D eigenvalue weighted by Gasteiger charge is 2.38. The molecule has 0 aromatic heterocycles. The van der Waals surface area contributed by atoms with Crippen LogP contribution in [0.3, 0.4) is 0 Å². The first-order chi connectivity index (χ1) is 7.05. The molecule has 0 aliphatic heterocycles. The van der Waals surface area contributed by atoms with Gasteiger partial charge in [-0.1, -0.05) is 0 Å². The first-order valence-corrected chi connectivity index (χ1v) is 6.41. The van der Waals surface area contributed by atoms with Crippen LogP contribution in [0, 0.1) is 10.5 Å². The van der Waals surface area contributed by atoms with Crippen molar-refractivity contribution in [1.82, 2.24) is 0 Å². The Labute approximate surface area is 104 Å². The van der Waals surface area contributed by atoms with E-state index in [2.05, 4.69) is 0 Å². The van der Waals surface area contributed by atoms with Crippen molar-refractivity contribution in [2.24, 2.45) is 0 Å². The lowest BCUT2D eigenvalue weighted by atomic mass is 10.1. The molecular formula is C8H6F3IO3S. The first-order valence-electron chi connectivity index (χ1n) is 3.89. The Bertz CT molecular complexity index is 522. The van der Waals surface area contributed by atoms with E-state index < -0.39 is 26.8 Å². The van der Waals surface area contributed by atoms with Gasteiger partial charge in [0.15, 0.2) is 0 Å². The molecule has 0 bridgehead atoms. The maximum atomic E-state index is 12.5. The van der Waals surface area contributed by atoms with E-state index in [-0.39, 0.29) is 5.56 Å². The van der Waals surface area contributed by atoms with Crippen molar-refractivity contribution in [1.29, 1.82) is 0 Å². The standard InChI is InChI=1S/C8H6F3IO3S/c1-4-6(12)3-2-5(8(9,10)11)7(4)16(13,14)15/h2-3H,1H3,(H,13,14,15). The summed E-state index contributed by atoms with van der Waals surface area (Å²) in [4.78, 5) is -1.08. The average molecular weight is 366 g/mol. The molecule has 0 fully saturated rings. The molecule has 0 unspecified atom stereocenters. The van der Waals surface area contributed by atoms with Gasteiger partial charge >= 0.3 is 6.18 Å². The summed E-state index contributed by atoms with van der Waals surface area (Å²) in [6.45, 7) is 1.21. The summed E-state index contributed by atoms with van der Waals surface area (Å²) in [5, 5.41) is 0. The molecule has 0 amide bonds. The Hall–Kier alpha value is -0.350. The predicted octanol–water partition coefficient (Wildman–Crippen LogP) is 2.87. The lowest BCUT2D eigenvalue weighted by Crippen LogP contribution is -2.15. The maximum Gasteiger partial charge on any atom is 0.417 e. The minimum atomic E-state index is -4.89. The minimum absolute atomic E-state index is 0.113. The van der Waals surface area contributed by atoms with Gasteiger partial charge in [-0.2, -0.15) is 21.6 Å². The van der Waals surface area contributed by atoms with Crippen LogP contribution in [-0.4, -0.2) is 13.0 Å². The van der Waals surface area contributed by atoms with Gasteiger partial charge in [-0.05, 0) is 47.2 Å². The van der Waals surface area contributed by atoms with Crippen molar-refractivity contribution in [2.75, 3.05) is 0 Å². The number of rotatable bonds is 1. The van der Waals surface area contributed by atoms with E-state index in [0.29, 0.717) is 9.64 Å². The number of hydrogen-bond donors (Lipinski definition) is 1. The molecule has 0 aliphatic rings. The molecule has 1 aromatic carbocycles. The van der Waals surface area contributed by atoms with Crippen molar-refractivity contribution in [3.63, 3.8) is 0 Å². The molecule has 8 heteroatoms. The molecule has 16 heavy (non-hydrogen) atoms. The number of alkyl halides is 3. The summed E-state index contributed by atoms with van der Waals surface area (Å²) in [6, 6.07) is 1.78. The Morgan fingerprint density at radius 3 is 2.19 bits per heavy atom. The van der Waals surface area contributed by atoms with Crippen LogP contribution in [-0.2, 0) is 16.3 Å². The zero-order valence-corrected chi connectivity index (χ0v) is 10.8. The van der Waals surface area contributed by atoms with Crippen molar-refractivity contribution >= 4 is 32.7 Å². The Morgan fingerprint density at radius 2 is 1.81 bits per heavy atom. The van der Waals surface area contributed by atoms with Crippen LogP contribution in [0.5, 0.6) is 0 Å². The van der Waals surface area contributed by atoms with E-state index in [1.165, 1.54) is 6.92 Å². The molecule has 1 aromatic rings. The zero-order chi connectivity index (χ0) is 12.7. The third-order valence-electron chi connectivity index (χ3n) is 1.90. The summed E-state index contributed by atoms with van der Waals surface area (Å²) in [6.07, 6.45) is -4.82. The Morgan fingerprint density at radius 1 is 1.31 bits per heavy atom. The van der Waals surface area contributed by atoms with Gasteiger partial charge in [-0.15, -0.1) is 0 Å². The Balaban J connectivity index is 3.73. The van der Waals surface area contributed by atoms with Crippen molar-refractivity contribution in [3.05, 3.63) is 26.8 Å². The topological polar surface area (TPSA) is 54.4 Å².